The van der Waals surface area contributed by atoms with Gasteiger partial charge in [-0.15, -0.1) is 0 Å². The Hall–Kier alpha value is -1.98. The zero-order valence-electron chi connectivity index (χ0n) is 9.27. The van der Waals surface area contributed by atoms with Gasteiger partial charge in [-0.3, -0.25) is 9.78 Å². The molecule has 1 rings (SSSR count). The van der Waals surface area contributed by atoms with Crippen molar-refractivity contribution in [2.75, 3.05) is 0 Å². The lowest BCUT2D eigenvalue weighted by atomic mass is 10.1. The van der Waals surface area contributed by atoms with Crippen molar-refractivity contribution in [2.24, 2.45) is 0 Å². The molecule has 6 nitrogen and oxygen atoms in total. The highest BCUT2D eigenvalue weighted by atomic mass is 16.4. The normalized spacial score (nSPS) is 10.9. The molecule has 86 valence electrons. The molecular weight excluding hydrogens is 210 g/mol. The van der Waals surface area contributed by atoms with Gasteiger partial charge in [-0.1, -0.05) is 0 Å². The first kappa shape index (κ1) is 12.1. The van der Waals surface area contributed by atoms with Crippen LogP contribution in [0.4, 0.5) is 0 Å². The molecule has 0 saturated carbocycles. The minimum Gasteiger partial charge on any atom is -0.543 e. The largest absolute Gasteiger partial charge is 0.543 e. The maximum absolute atomic E-state index is 11.7. The molecule has 0 atom stereocenters. The summed E-state index contributed by atoms with van der Waals surface area (Å²) in [5.41, 5.74) is -1.17. The molecule has 0 aromatic carbocycles. The Bertz CT molecular complexity index is 424. The molecule has 0 aliphatic heterocycles. The van der Waals surface area contributed by atoms with Gasteiger partial charge in [0.15, 0.2) is 5.69 Å². The lowest BCUT2D eigenvalue weighted by Crippen LogP contribution is -2.42. The minimum atomic E-state index is -1.52. The van der Waals surface area contributed by atoms with Gasteiger partial charge in [-0.2, -0.15) is 0 Å². The van der Waals surface area contributed by atoms with Crippen LogP contribution in [-0.2, 0) is 0 Å². The Morgan fingerprint density at radius 2 is 1.69 bits per heavy atom. The van der Waals surface area contributed by atoms with E-state index in [1.807, 2.05) is 0 Å². The van der Waals surface area contributed by atoms with E-state index >= 15 is 0 Å². The highest BCUT2D eigenvalue weighted by Crippen LogP contribution is 2.05. The van der Waals surface area contributed by atoms with E-state index in [0.29, 0.717) is 0 Å². The average molecular weight is 222 g/mol. The second kappa shape index (κ2) is 4.26. The van der Waals surface area contributed by atoms with Crippen molar-refractivity contribution in [3.8, 4) is 0 Å². The second-order valence-electron chi connectivity index (χ2n) is 4.25. The van der Waals surface area contributed by atoms with E-state index in [0.717, 1.165) is 0 Å². The highest BCUT2D eigenvalue weighted by Gasteiger charge is 2.19. The molecule has 0 fully saturated rings. The number of carboxylic acids is 1. The van der Waals surface area contributed by atoms with Crippen molar-refractivity contribution in [2.45, 2.75) is 26.3 Å². The summed E-state index contributed by atoms with van der Waals surface area (Å²) < 4.78 is 0. The summed E-state index contributed by atoms with van der Waals surface area (Å²) in [6, 6.07) is 0. The topological polar surface area (TPSA) is 95.0 Å². The smallest absolute Gasteiger partial charge is 0.272 e. The molecule has 0 saturated heterocycles. The van der Waals surface area contributed by atoms with Crippen molar-refractivity contribution in [3.05, 3.63) is 23.8 Å². The van der Waals surface area contributed by atoms with E-state index in [4.69, 9.17) is 0 Å². The van der Waals surface area contributed by atoms with Crippen LogP contribution in [0.1, 0.15) is 41.7 Å². The fourth-order valence-electron chi connectivity index (χ4n) is 1.05. The summed E-state index contributed by atoms with van der Waals surface area (Å²) in [5, 5.41) is 13.3. The number of aromatic carboxylic acids is 1. The van der Waals surface area contributed by atoms with Crippen LogP contribution in [0.15, 0.2) is 12.4 Å². The predicted molar refractivity (Wildman–Crippen MR) is 53.6 cm³/mol. The molecule has 1 heterocycles. The lowest BCUT2D eigenvalue weighted by Gasteiger charge is -2.20. The van der Waals surface area contributed by atoms with E-state index in [1.165, 1.54) is 12.4 Å². The molecule has 0 radical (unpaired) electrons. The van der Waals surface area contributed by atoms with Crippen LogP contribution in [0.2, 0.25) is 0 Å². The number of rotatable bonds is 2. The zero-order valence-corrected chi connectivity index (χ0v) is 9.27. The van der Waals surface area contributed by atoms with Crippen LogP contribution < -0.4 is 10.4 Å². The first-order valence-electron chi connectivity index (χ1n) is 4.66. The van der Waals surface area contributed by atoms with Gasteiger partial charge in [0.05, 0.1) is 5.97 Å². The molecule has 1 aromatic heterocycles. The molecule has 1 N–H and O–H groups in total. The van der Waals surface area contributed by atoms with Crippen molar-refractivity contribution in [1.82, 2.24) is 15.3 Å². The third-order valence-electron chi connectivity index (χ3n) is 1.60. The fraction of sp³-hybridized carbons (Fsp3) is 0.400. The van der Waals surface area contributed by atoms with E-state index in [2.05, 4.69) is 15.3 Å². The van der Waals surface area contributed by atoms with E-state index in [1.54, 1.807) is 20.8 Å². The van der Waals surface area contributed by atoms with Crippen LogP contribution in [0.5, 0.6) is 0 Å². The van der Waals surface area contributed by atoms with Crippen molar-refractivity contribution >= 4 is 11.9 Å². The molecule has 0 aliphatic rings. The first-order valence-corrected chi connectivity index (χ1v) is 4.66. The summed E-state index contributed by atoms with van der Waals surface area (Å²) >= 11 is 0. The van der Waals surface area contributed by atoms with E-state index in [9.17, 15) is 14.7 Å². The molecule has 16 heavy (non-hydrogen) atoms. The number of carbonyl (C=O) groups excluding carboxylic acids is 2. The summed E-state index contributed by atoms with van der Waals surface area (Å²) in [6.07, 6.45) is 2.45. The van der Waals surface area contributed by atoms with Gasteiger partial charge in [-0.25, -0.2) is 4.98 Å². The van der Waals surface area contributed by atoms with Crippen molar-refractivity contribution in [1.29, 1.82) is 0 Å². The third kappa shape index (κ3) is 3.01. The Kier molecular flexibility index (Phi) is 3.22. The maximum Gasteiger partial charge on any atom is 0.272 e. The Labute approximate surface area is 92.7 Å². The number of amides is 1. The molecule has 1 aromatic rings. The van der Waals surface area contributed by atoms with Crippen LogP contribution in [-0.4, -0.2) is 27.4 Å². The van der Waals surface area contributed by atoms with Crippen molar-refractivity contribution < 1.29 is 14.7 Å². The predicted octanol–water partition coefficient (Wildman–Crippen LogP) is -0.632. The number of hydrogen-bond acceptors (Lipinski definition) is 5. The van der Waals surface area contributed by atoms with Gasteiger partial charge in [0.2, 0.25) is 0 Å². The van der Waals surface area contributed by atoms with Gasteiger partial charge in [-0.05, 0) is 20.8 Å². The Morgan fingerprint density at radius 1 is 1.19 bits per heavy atom. The maximum atomic E-state index is 11.7. The summed E-state index contributed by atoms with van der Waals surface area (Å²) in [7, 11) is 0. The third-order valence-corrected chi connectivity index (χ3v) is 1.60. The second-order valence-corrected chi connectivity index (χ2v) is 4.25. The van der Waals surface area contributed by atoms with Gasteiger partial charge in [0.1, 0.15) is 5.69 Å². The van der Waals surface area contributed by atoms with Crippen LogP contribution in [0.25, 0.3) is 0 Å². The summed E-state index contributed by atoms with van der Waals surface area (Å²) in [5.74, 6) is -2.10. The summed E-state index contributed by atoms with van der Waals surface area (Å²) in [4.78, 5) is 29.6. The summed E-state index contributed by atoms with van der Waals surface area (Å²) in [6.45, 7) is 5.33. The van der Waals surface area contributed by atoms with Gasteiger partial charge in [0.25, 0.3) is 5.91 Å². The van der Waals surface area contributed by atoms with Gasteiger partial charge < -0.3 is 15.2 Å². The molecule has 6 heteroatoms. The number of carbonyl (C=O) groups is 2. The molecule has 1 amide bonds. The van der Waals surface area contributed by atoms with E-state index < -0.39 is 23.1 Å². The first-order chi connectivity index (χ1) is 7.31. The number of aromatic nitrogens is 2. The minimum absolute atomic E-state index is 0.238. The number of nitrogens with zero attached hydrogens (tertiary/aromatic N) is 2. The molecular formula is C10H12N3O3-. The Morgan fingerprint density at radius 3 is 2.12 bits per heavy atom. The van der Waals surface area contributed by atoms with Gasteiger partial charge >= 0.3 is 0 Å². The van der Waals surface area contributed by atoms with Crippen LogP contribution in [0, 0.1) is 0 Å². The molecule has 0 aliphatic carbocycles. The van der Waals surface area contributed by atoms with Crippen molar-refractivity contribution in [3.63, 3.8) is 0 Å². The molecule has 0 spiro atoms. The Balaban J connectivity index is 3.04. The standard InChI is InChI=1S/C10H13N3O3/c1-10(2,3)13-8(14)6-7(9(15)16)12-5-4-11-6/h4-5H,1-3H3,(H,13,14)(H,15,16)/p-1. The quantitative estimate of drug-likeness (QED) is 0.718. The number of hydrogen-bond donors (Lipinski definition) is 1. The van der Waals surface area contributed by atoms with Crippen LogP contribution >= 0.6 is 0 Å². The van der Waals surface area contributed by atoms with Crippen LogP contribution in [0.3, 0.4) is 0 Å². The van der Waals surface area contributed by atoms with E-state index in [-0.39, 0.29) is 5.69 Å². The SMILES string of the molecule is CC(C)(C)NC(=O)c1nccnc1C(=O)[O-]. The fourth-order valence-corrected chi connectivity index (χ4v) is 1.05. The molecule has 0 bridgehead atoms. The lowest BCUT2D eigenvalue weighted by molar-refractivity contribution is -0.255. The number of carboxylic acid groups (broad SMARTS) is 1. The monoisotopic (exact) mass is 222 g/mol. The number of nitrogens with one attached hydrogen (secondary N) is 1. The van der Waals surface area contributed by atoms with Gasteiger partial charge in [0, 0.05) is 17.9 Å². The molecule has 0 unspecified atom stereocenters. The zero-order chi connectivity index (χ0) is 12.3. The highest BCUT2D eigenvalue weighted by molar-refractivity contribution is 6.01. The average Bonchev–Trinajstić information content (AvgIpc) is 2.15.